The van der Waals surface area contributed by atoms with E-state index in [-0.39, 0.29) is 18.0 Å². The second kappa shape index (κ2) is 12.1. The van der Waals surface area contributed by atoms with Crippen molar-refractivity contribution in [3.8, 4) is 24.2 Å². The number of carbonyl (C=O) groups is 2. The van der Waals surface area contributed by atoms with Crippen LogP contribution in [0.2, 0.25) is 0 Å². The van der Waals surface area contributed by atoms with Crippen molar-refractivity contribution in [2.45, 2.75) is 44.6 Å². The number of benzene rings is 1. The van der Waals surface area contributed by atoms with Crippen LogP contribution in [0, 0.1) is 24.2 Å². The first-order valence-corrected chi connectivity index (χ1v) is 11.2. The summed E-state index contributed by atoms with van der Waals surface area (Å²) in [4.78, 5) is 36.7. The third kappa shape index (κ3) is 6.13. The van der Waals surface area contributed by atoms with E-state index in [1.807, 2.05) is 12.1 Å². The van der Waals surface area contributed by atoms with Crippen molar-refractivity contribution in [3.63, 3.8) is 0 Å². The number of aromatic nitrogens is 2. The molecule has 1 unspecified atom stereocenters. The number of hydrogen-bond donors (Lipinski definition) is 1. The Balaban J connectivity index is 1.58. The number of carbonyl (C=O) groups excluding carboxylic acids is 2. The number of ether oxygens (including phenoxy) is 2. The summed E-state index contributed by atoms with van der Waals surface area (Å²) in [5.41, 5.74) is 1.66. The summed E-state index contributed by atoms with van der Waals surface area (Å²) in [5.74, 6) is 7.77. The van der Waals surface area contributed by atoms with Gasteiger partial charge in [-0.05, 0) is 31.4 Å². The predicted octanol–water partition coefficient (Wildman–Crippen LogP) is 1.90. The molecule has 1 atom stereocenters. The zero-order valence-corrected chi connectivity index (χ0v) is 18.9. The Labute approximate surface area is 193 Å². The summed E-state index contributed by atoms with van der Waals surface area (Å²) in [6.45, 7) is 1.99. The van der Waals surface area contributed by atoms with Crippen LogP contribution in [0.25, 0.3) is 11.0 Å². The Kier molecular flexibility index (Phi) is 8.88. The van der Waals surface area contributed by atoms with Gasteiger partial charge in [0.2, 0.25) is 11.8 Å². The molecule has 174 valence electrons. The third-order valence-electron chi connectivity index (χ3n) is 5.53. The number of hydrogen-bond acceptors (Lipinski definition) is 5. The summed E-state index contributed by atoms with van der Waals surface area (Å²) in [6, 6.07) is 4.72. The van der Waals surface area contributed by atoms with Gasteiger partial charge in [0, 0.05) is 26.7 Å². The zero-order valence-electron chi connectivity index (χ0n) is 18.9. The van der Waals surface area contributed by atoms with Gasteiger partial charge in [0.25, 0.3) is 0 Å². The van der Waals surface area contributed by atoms with E-state index in [0.29, 0.717) is 49.4 Å². The number of para-hydroxylation sites is 1. The molecule has 8 heteroatoms. The molecule has 0 bridgehead atoms. The Morgan fingerprint density at radius 3 is 2.52 bits per heavy atom. The van der Waals surface area contributed by atoms with Crippen molar-refractivity contribution in [2.24, 2.45) is 7.05 Å². The lowest BCUT2D eigenvalue weighted by atomic mass is 10.1. The molecule has 2 heterocycles. The van der Waals surface area contributed by atoms with Crippen LogP contribution in [0.15, 0.2) is 23.0 Å². The maximum atomic E-state index is 12.9. The Hall–Kier alpha value is -3.33. The molecule has 1 aliphatic rings. The van der Waals surface area contributed by atoms with Crippen LogP contribution in [0.4, 0.5) is 0 Å². The number of imide groups is 1. The number of aryl methyl sites for hydroxylation is 1. The second-order valence-corrected chi connectivity index (χ2v) is 7.88. The number of terminal acetylenes is 1. The van der Waals surface area contributed by atoms with E-state index >= 15 is 0 Å². The number of nitrogens with one attached hydrogen (secondary N) is 1. The largest absolute Gasteiger partial charge is 0.369 e. The second-order valence-electron chi connectivity index (χ2n) is 7.88. The highest BCUT2D eigenvalue weighted by Crippen LogP contribution is 2.24. The third-order valence-corrected chi connectivity index (χ3v) is 5.53. The average molecular weight is 452 g/mol. The van der Waals surface area contributed by atoms with Gasteiger partial charge in [-0.1, -0.05) is 36.7 Å². The van der Waals surface area contributed by atoms with Crippen molar-refractivity contribution in [1.29, 1.82) is 0 Å². The van der Waals surface area contributed by atoms with Crippen molar-refractivity contribution in [2.75, 3.05) is 26.4 Å². The predicted molar refractivity (Wildman–Crippen MR) is 124 cm³/mol. The lowest BCUT2D eigenvalue weighted by Gasteiger charge is -2.21. The van der Waals surface area contributed by atoms with Crippen LogP contribution in [-0.2, 0) is 26.1 Å². The normalized spacial score (nSPS) is 15.7. The highest BCUT2D eigenvalue weighted by molar-refractivity contribution is 6.00. The van der Waals surface area contributed by atoms with Gasteiger partial charge in [0.1, 0.15) is 19.3 Å². The van der Waals surface area contributed by atoms with Gasteiger partial charge in [-0.3, -0.25) is 24.0 Å². The molecule has 0 spiro atoms. The van der Waals surface area contributed by atoms with Crippen molar-refractivity contribution in [1.82, 2.24) is 14.5 Å². The summed E-state index contributed by atoms with van der Waals surface area (Å²) in [7, 11) is 1.66. The number of imidazole rings is 1. The van der Waals surface area contributed by atoms with Crippen molar-refractivity contribution < 1.29 is 19.1 Å². The summed E-state index contributed by atoms with van der Waals surface area (Å²) < 4.78 is 13.8. The van der Waals surface area contributed by atoms with Gasteiger partial charge < -0.3 is 9.47 Å². The molecule has 1 aliphatic heterocycles. The van der Waals surface area contributed by atoms with Crippen molar-refractivity contribution in [3.05, 3.63) is 34.2 Å². The summed E-state index contributed by atoms with van der Waals surface area (Å²) in [6.07, 6.45) is 9.70. The van der Waals surface area contributed by atoms with Crippen LogP contribution in [-0.4, -0.2) is 47.4 Å². The number of piperidine rings is 1. The van der Waals surface area contributed by atoms with E-state index in [1.165, 1.54) is 9.13 Å². The van der Waals surface area contributed by atoms with Gasteiger partial charge in [0.15, 0.2) is 0 Å². The SMILES string of the molecule is C#CCOCCCCCCOCC#Cc1cccc2c1n(C)c(=O)n2C1CCC(=O)NC1=O. The highest BCUT2D eigenvalue weighted by Gasteiger charge is 2.31. The molecule has 1 saturated heterocycles. The molecule has 1 fully saturated rings. The molecule has 33 heavy (non-hydrogen) atoms. The van der Waals surface area contributed by atoms with Gasteiger partial charge in [-0.2, -0.15) is 0 Å². The maximum absolute atomic E-state index is 12.9. The first-order chi connectivity index (χ1) is 16.0. The van der Waals surface area contributed by atoms with Gasteiger partial charge in [-0.15, -0.1) is 6.42 Å². The molecule has 1 aromatic carbocycles. The van der Waals surface area contributed by atoms with Crippen molar-refractivity contribution >= 4 is 22.8 Å². The average Bonchev–Trinajstić information content (AvgIpc) is 3.05. The fourth-order valence-corrected chi connectivity index (χ4v) is 3.92. The lowest BCUT2D eigenvalue weighted by molar-refractivity contribution is -0.135. The molecule has 3 rings (SSSR count). The van der Waals surface area contributed by atoms with E-state index < -0.39 is 11.9 Å². The van der Waals surface area contributed by atoms with E-state index in [0.717, 1.165) is 25.7 Å². The van der Waals surface area contributed by atoms with Crippen LogP contribution in [0.3, 0.4) is 0 Å². The Bertz CT molecular complexity index is 1160. The zero-order chi connectivity index (χ0) is 23.6. The fourth-order valence-electron chi connectivity index (χ4n) is 3.92. The topological polar surface area (TPSA) is 91.6 Å². The molecular formula is C25H29N3O5. The minimum absolute atomic E-state index is 0.204. The lowest BCUT2D eigenvalue weighted by Crippen LogP contribution is -2.44. The number of rotatable bonds is 10. The van der Waals surface area contributed by atoms with Crippen LogP contribution >= 0.6 is 0 Å². The van der Waals surface area contributed by atoms with Gasteiger partial charge in [-0.25, -0.2) is 4.79 Å². The molecule has 1 aromatic heterocycles. The Morgan fingerprint density at radius 2 is 1.82 bits per heavy atom. The quantitative estimate of drug-likeness (QED) is 0.338. The molecule has 1 N–H and O–H groups in total. The molecule has 8 nitrogen and oxygen atoms in total. The monoisotopic (exact) mass is 451 g/mol. The highest BCUT2D eigenvalue weighted by atomic mass is 16.5. The fraction of sp³-hybridized carbons (Fsp3) is 0.480. The van der Waals surface area contributed by atoms with Crippen LogP contribution < -0.4 is 11.0 Å². The molecule has 0 saturated carbocycles. The number of amides is 2. The number of fused-ring (bicyclic) bond motifs is 1. The molecule has 0 radical (unpaired) electrons. The minimum Gasteiger partial charge on any atom is -0.369 e. The first-order valence-electron chi connectivity index (χ1n) is 11.2. The van der Waals surface area contributed by atoms with E-state index in [2.05, 4.69) is 23.1 Å². The van der Waals surface area contributed by atoms with Gasteiger partial charge >= 0.3 is 5.69 Å². The van der Waals surface area contributed by atoms with E-state index in [1.54, 1.807) is 13.1 Å². The molecule has 2 aromatic rings. The van der Waals surface area contributed by atoms with Crippen LogP contribution in [0.1, 0.15) is 50.1 Å². The standard InChI is InChI=1S/C25H29N3O5/c1-3-15-32-16-6-4-5-7-17-33-18-9-11-19-10-8-12-20-23(19)27(2)25(31)28(20)21-13-14-22(29)26-24(21)30/h1,8,10,12,21H,4-7,13-18H2,2H3,(H,26,29,30). The molecular weight excluding hydrogens is 422 g/mol. The first kappa shape index (κ1) is 24.3. The summed E-state index contributed by atoms with van der Waals surface area (Å²) in [5, 5.41) is 2.32. The Morgan fingerprint density at radius 1 is 1.09 bits per heavy atom. The number of nitrogens with zero attached hydrogens (tertiary/aromatic N) is 2. The smallest absolute Gasteiger partial charge is 0.329 e. The summed E-state index contributed by atoms with van der Waals surface area (Å²) >= 11 is 0. The molecule has 0 aliphatic carbocycles. The number of unbranched alkanes of at least 4 members (excludes halogenated alkanes) is 3. The van der Waals surface area contributed by atoms with Gasteiger partial charge in [0.05, 0.1) is 16.6 Å². The minimum atomic E-state index is -0.714. The van der Waals surface area contributed by atoms with E-state index in [9.17, 15) is 14.4 Å². The van der Waals surface area contributed by atoms with E-state index in [4.69, 9.17) is 15.9 Å². The molecule has 2 amide bonds. The van der Waals surface area contributed by atoms with Crippen LogP contribution in [0.5, 0.6) is 0 Å². The maximum Gasteiger partial charge on any atom is 0.329 e.